The zero-order valence-corrected chi connectivity index (χ0v) is 10.9. The van der Waals surface area contributed by atoms with Crippen LogP contribution in [0.1, 0.15) is 36.8 Å². The molecule has 0 bridgehead atoms. The number of halogens is 3. The molecule has 0 unspecified atom stereocenters. The number of nitrogens with one attached hydrogen (secondary N) is 1. The third kappa shape index (κ3) is 3.45. The van der Waals surface area contributed by atoms with Gasteiger partial charge in [0.25, 0.3) is 0 Å². The third-order valence-corrected chi connectivity index (χ3v) is 3.55. The molecule has 0 amide bonds. The van der Waals surface area contributed by atoms with Gasteiger partial charge in [-0.3, -0.25) is 0 Å². The Morgan fingerprint density at radius 3 is 2.40 bits per heavy atom. The van der Waals surface area contributed by atoms with E-state index in [2.05, 4.69) is 11.2 Å². The Morgan fingerprint density at radius 1 is 1.20 bits per heavy atom. The van der Waals surface area contributed by atoms with E-state index in [-0.39, 0.29) is 17.7 Å². The first-order valence-corrected chi connectivity index (χ1v) is 6.52. The van der Waals surface area contributed by atoms with Crippen molar-refractivity contribution in [3.8, 4) is 12.3 Å². The summed E-state index contributed by atoms with van der Waals surface area (Å²) in [6, 6.07) is 4.02. The molecule has 1 fully saturated rings. The van der Waals surface area contributed by atoms with E-state index in [0.717, 1.165) is 18.9 Å². The molecule has 2 rings (SSSR count). The Morgan fingerprint density at radius 2 is 1.85 bits per heavy atom. The molecule has 0 saturated heterocycles. The highest BCUT2D eigenvalue weighted by Gasteiger charge is 2.33. The van der Waals surface area contributed by atoms with E-state index in [0.29, 0.717) is 18.5 Å². The normalized spacial score (nSPS) is 23.1. The number of aliphatic hydroxyl groups excluding tert-OH is 1. The number of rotatable bonds is 2. The summed E-state index contributed by atoms with van der Waals surface area (Å²) in [6.45, 7) is 0. The second-order valence-electron chi connectivity index (χ2n) is 5.05. The van der Waals surface area contributed by atoms with Crippen molar-refractivity contribution in [2.45, 2.75) is 44.0 Å². The molecular formula is C15H16F3NO. The topological polar surface area (TPSA) is 32.3 Å². The smallest absolute Gasteiger partial charge is 0.393 e. The molecule has 2 N–H and O–H groups in total. The van der Waals surface area contributed by atoms with E-state index >= 15 is 0 Å². The van der Waals surface area contributed by atoms with Gasteiger partial charge in [0.1, 0.15) is 0 Å². The number of anilines is 1. The van der Waals surface area contributed by atoms with Crippen molar-refractivity contribution in [3.63, 3.8) is 0 Å². The van der Waals surface area contributed by atoms with Crippen molar-refractivity contribution in [2.24, 2.45) is 0 Å². The zero-order chi connectivity index (χ0) is 14.8. The van der Waals surface area contributed by atoms with Crippen LogP contribution in [0.4, 0.5) is 18.9 Å². The molecule has 5 heteroatoms. The van der Waals surface area contributed by atoms with Gasteiger partial charge in [0.2, 0.25) is 0 Å². The van der Waals surface area contributed by atoms with Crippen LogP contribution in [0.3, 0.4) is 0 Å². The molecule has 0 atom stereocenters. The van der Waals surface area contributed by atoms with Gasteiger partial charge in [-0.2, -0.15) is 13.2 Å². The van der Waals surface area contributed by atoms with Gasteiger partial charge in [-0.05, 0) is 43.9 Å². The van der Waals surface area contributed by atoms with Gasteiger partial charge in [-0.15, -0.1) is 6.42 Å². The summed E-state index contributed by atoms with van der Waals surface area (Å²) >= 11 is 0. The van der Waals surface area contributed by atoms with E-state index in [1.807, 2.05) is 0 Å². The Balaban J connectivity index is 2.15. The molecule has 20 heavy (non-hydrogen) atoms. The van der Waals surface area contributed by atoms with Crippen LogP contribution < -0.4 is 5.32 Å². The lowest BCUT2D eigenvalue weighted by molar-refractivity contribution is -0.137. The zero-order valence-electron chi connectivity index (χ0n) is 10.9. The lowest BCUT2D eigenvalue weighted by atomic mass is 9.93. The van der Waals surface area contributed by atoms with Gasteiger partial charge >= 0.3 is 6.18 Å². The fourth-order valence-electron chi connectivity index (χ4n) is 2.45. The quantitative estimate of drug-likeness (QED) is 0.815. The van der Waals surface area contributed by atoms with Gasteiger partial charge in [0.15, 0.2) is 0 Å². The molecule has 108 valence electrons. The molecule has 1 aliphatic rings. The summed E-state index contributed by atoms with van der Waals surface area (Å²) < 4.78 is 38.7. The van der Waals surface area contributed by atoms with E-state index in [9.17, 15) is 18.3 Å². The van der Waals surface area contributed by atoms with Crippen LogP contribution in [0.25, 0.3) is 0 Å². The molecule has 1 aromatic rings. The summed E-state index contributed by atoms with van der Waals surface area (Å²) in [4.78, 5) is 0. The molecule has 1 aliphatic carbocycles. The average Bonchev–Trinajstić information content (AvgIpc) is 2.40. The van der Waals surface area contributed by atoms with Crippen molar-refractivity contribution in [1.82, 2.24) is 0 Å². The minimum atomic E-state index is -4.46. The first-order valence-electron chi connectivity index (χ1n) is 6.52. The molecule has 0 spiro atoms. The minimum absolute atomic E-state index is 0.0937. The summed E-state index contributed by atoms with van der Waals surface area (Å²) in [5.74, 6) is 2.06. The molecule has 0 radical (unpaired) electrons. The molecule has 0 heterocycles. The van der Waals surface area contributed by atoms with E-state index in [1.165, 1.54) is 6.07 Å². The van der Waals surface area contributed by atoms with E-state index < -0.39 is 11.7 Å². The lowest BCUT2D eigenvalue weighted by Gasteiger charge is -2.27. The summed E-state index contributed by atoms with van der Waals surface area (Å²) in [5.41, 5.74) is -0.527. The third-order valence-electron chi connectivity index (χ3n) is 3.55. The highest BCUT2D eigenvalue weighted by atomic mass is 19.4. The average molecular weight is 283 g/mol. The number of alkyl halides is 3. The van der Waals surface area contributed by atoms with Crippen LogP contribution in [-0.4, -0.2) is 17.3 Å². The predicted molar refractivity (Wildman–Crippen MR) is 71.3 cm³/mol. The second kappa shape index (κ2) is 5.76. The number of benzene rings is 1. The van der Waals surface area contributed by atoms with Crippen LogP contribution in [0, 0.1) is 12.3 Å². The first-order chi connectivity index (χ1) is 9.40. The Hall–Kier alpha value is -1.67. The van der Waals surface area contributed by atoms with E-state index in [4.69, 9.17) is 6.42 Å². The van der Waals surface area contributed by atoms with Crippen LogP contribution >= 0.6 is 0 Å². The van der Waals surface area contributed by atoms with Gasteiger partial charge < -0.3 is 10.4 Å². The maximum Gasteiger partial charge on any atom is 0.417 e. The van der Waals surface area contributed by atoms with Crippen molar-refractivity contribution < 1.29 is 18.3 Å². The Kier molecular flexibility index (Phi) is 4.24. The van der Waals surface area contributed by atoms with Gasteiger partial charge in [-0.1, -0.05) is 5.92 Å². The minimum Gasteiger partial charge on any atom is -0.393 e. The molecular weight excluding hydrogens is 267 g/mol. The lowest BCUT2D eigenvalue weighted by Crippen LogP contribution is -2.28. The fraction of sp³-hybridized carbons (Fsp3) is 0.467. The largest absolute Gasteiger partial charge is 0.417 e. The standard InChI is InChI=1S/C15H16F3NO/c1-2-10-3-4-12(9-14(10)15(16,17)18)19-11-5-7-13(20)8-6-11/h1,3-4,9,11,13,19-20H,5-8H2/t11-,13-. The summed E-state index contributed by atoms with van der Waals surface area (Å²) in [6.07, 6.45) is 3.20. The number of aliphatic hydroxyl groups is 1. The molecule has 0 aliphatic heterocycles. The fourth-order valence-corrected chi connectivity index (χ4v) is 2.45. The van der Waals surface area contributed by atoms with Crippen LogP contribution in [0.2, 0.25) is 0 Å². The number of hydrogen-bond donors (Lipinski definition) is 2. The van der Waals surface area contributed by atoms with Gasteiger partial charge in [0, 0.05) is 17.3 Å². The van der Waals surface area contributed by atoms with Gasteiger partial charge in [-0.25, -0.2) is 0 Å². The maximum absolute atomic E-state index is 12.9. The molecule has 1 saturated carbocycles. The van der Waals surface area contributed by atoms with Crippen molar-refractivity contribution in [2.75, 3.05) is 5.32 Å². The highest BCUT2D eigenvalue weighted by Crippen LogP contribution is 2.34. The Bertz CT molecular complexity index is 511. The molecule has 2 nitrogen and oxygen atoms in total. The van der Waals surface area contributed by atoms with Crippen LogP contribution in [0.15, 0.2) is 18.2 Å². The van der Waals surface area contributed by atoms with Gasteiger partial charge in [0.05, 0.1) is 11.7 Å². The first kappa shape index (κ1) is 14.7. The number of terminal acetylenes is 1. The maximum atomic E-state index is 12.9. The summed E-state index contributed by atoms with van der Waals surface area (Å²) in [5, 5.41) is 12.5. The molecule has 1 aromatic carbocycles. The van der Waals surface area contributed by atoms with E-state index in [1.54, 1.807) is 6.07 Å². The van der Waals surface area contributed by atoms with Crippen molar-refractivity contribution in [1.29, 1.82) is 0 Å². The van der Waals surface area contributed by atoms with Crippen LogP contribution in [0.5, 0.6) is 0 Å². The van der Waals surface area contributed by atoms with Crippen molar-refractivity contribution >= 4 is 5.69 Å². The second-order valence-corrected chi connectivity index (χ2v) is 5.05. The monoisotopic (exact) mass is 283 g/mol. The Labute approximate surface area is 116 Å². The molecule has 0 aromatic heterocycles. The summed E-state index contributed by atoms with van der Waals surface area (Å²) in [7, 11) is 0. The predicted octanol–water partition coefficient (Wildman–Crippen LogP) is 3.40. The SMILES string of the molecule is C#Cc1ccc(N[C@H]2CC[C@H](O)CC2)cc1C(F)(F)F. The number of hydrogen-bond acceptors (Lipinski definition) is 2. The highest BCUT2D eigenvalue weighted by molar-refractivity contribution is 5.54. The van der Waals surface area contributed by atoms with Crippen LogP contribution in [-0.2, 0) is 6.18 Å². The van der Waals surface area contributed by atoms with Crippen molar-refractivity contribution in [3.05, 3.63) is 29.3 Å².